The molecular formula is C23H23ClN6O. The molecule has 0 aliphatic carbocycles. The number of aromatic nitrogens is 4. The van der Waals surface area contributed by atoms with Gasteiger partial charge in [0.1, 0.15) is 12.3 Å². The van der Waals surface area contributed by atoms with Crippen LogP contribution in [-0.2, 0) is 13.2 Å². The van der Waals surface area contributed by atoms with Crippen LogP contribution in [0.2, 0.25) is 5.02 Å². The van der Waals surface area contributed by atoms with Crippen LogP contribution >= 0.6 is 11.6 Å². The average Bonchev–Trinajstić information content (AvgIpc) is 3.21. The van der Waals surface area contributed by atoms with E-state index in [1.54, 1.807) is 12.4 Å². The van der Waals surface area contributed by atoms with Crippen molar-refractivity contribution >= 4 is 23.1 Å². The van der Waals surface area contributed by atoms with Crippen molar-refractivity contribution in [2.24, 2.45) is 0 Å². The third kappa shape index (κ3) is 4.78. The van der Waals surface area contributed by atoms with Gasteiger partial charge in [0.15, 0.2) is 5.82 Å². The molecule has 0 bridgehead atoms. The topological polar surface area (TPSA) is 58.8 Å². The zero-order valence-corrected chi connectivity index (χ0v) is 17.8. The summed E-state index contributed by atoms with van der Waals surface area (Å²) in [6, 6.07) is 13.7. The number of piperazine rings is 1. The van der Waals surface area contributed by atoms with Gasteiger partial charge in [0.05, 0.1) is 18.1 Å². The smallest absolute Gasteiger partial charge is 0.234 e. The molecule has 0 saturated carbocycles. The van der Waals surface area contributed by atoms with Crippen LogP contribution in [0, 0.1) is 0 Å². The van der Waals surface area contributed by atoms with Crippen molar-refractivity contribution in [3.63, 3.8) is 0 Å². The summed E-state index contributed by atoms with van der Waals surface area (Å²) in [5, 5.41) is 0.697. The SMILES string of the molecule is Clc1cccc(COc2cncc(N3CCN(Cc4cn5ccccc5n4)CC3)n2)c1. The number of imidazole rings is 1. The second-order valence-electron chi connectivity index (χ2n) is 7.60. The Hall–Kier alpha value is -3.16. The molecule has 0 N–H and O–H groups in total. The second kappa shape index (κ2) is 8.91. The molecule has 1 aliphatic heterocycles. The van der Waals surface area contributed by atoms with Crippen LogP contribution in [0.4, 0.5) is 5.82 Å². The Balaban J connectivity index is 1.17. The largest absolute Gasteiger partial charge is 0.472 e. The summed E-state index contributed by atoms with van der Waals surface area (Å²) in [7, 11) is 0. The van der Waals surface area contributed by atoms with E-state index in [1.165, 1.54) is 0 Å². The number of hydrogen-bond acceptors (Lipinski definition) is 6. The van der Waals surface area contributed by atoms with Crippen molar-refractivity contribution in [2.45, 2.75) is 13.2 Å². The maximum absolute atomic E-state index is 6.04. The predicted octanol–water partition coefficient (Wildman–Crippen LogP) is 3.68. The molecule has 0 amide bonds. The Morgan fingerprint density at radius 3 is 2.71 bits per heavy atom. The molecule has 0 atom stereocenters. The van der Waals surface area contributed by atoms with Gasteiger partial charge in [0, 0.05) is 50.1 Å². The van der Waals surface area contributed by atoms with Crippen LogP contribution in [0.15, 0.2) is 67.3 Å². The monoisotopic (exact) mass is 434 g/mol. The van der Waals surface area contributed by atoms with Crippen molar-refractivity contribution in [1.29, 1.82) is 0 Å². The minimum Gasteiger partial charge on any atom is -0.472 e. The predicted molar refractivity (Wildman–Crippen MR) is 120 cm³/mol. The second-order valence-corrected chi connectivity index (χ2v) is 8.03. The van der Waals surface area contributed by atoms with Crippen molar-refractivity contribution in [2.75, 3.05) is 31.1 Å². The third-order valence-electron chi connectivity index (χ3n) is 5.37. The summed E-state index contributed by atoms with van der Waals surface area (Å²) >= 11 is 6.04. The fourth-order valence-corrected chi connectivity index (χ4v) is 3.98. The molecule has 0 spiro atoms. The number of fused-ring (bicyclic) bond motifs is 1. The van der Waals surface area contributed by atoms with Gasteiger partial charge in [-0.2, -0.15) is 4.98 Å². The number of nitrogens with zero attached hydrogens (tertiary/aromatic N) is 6. The molecule has 31 heavy (non-hydrogen) atoms. The lowest BCUT2D eigenvalue weighted by Crippen LogP contribution is -2.46. The molecule has 5 rings (SSSR count). The Morgan fingerprint density at radius 2 is 1.87 bits per heavy atom. The highest BCUT2D eigenvalue weighted by Gasteiger charge is 2.19. The van der Waals surface area contributed by atoms with Gasteiger partial charge in [0.25, 0.3) is 0 Å². The quantitative estimate of drug-likeness (QED) is 0.461. The number of halogens is 1. The van der Waals surface area contributed by atoms with Gasteiger partial charge >= 0.3 is 0 Å². The van der Waals surface area contributed by atoms with E-state index in [0.717, 1.165) is 55.4 Å². The summed E-state index contributed by atoms with van der Waals surface area (Å²) in [5.74, 6) is 1.36. The van der Waals surface area contributed by atoms with Crippen LogP contribution in [0.1, 0.15) is 11.3 Å². The van der Waals surface area contributed by atoms with Gasteiger partial charge in [-0.15, -0.1) is 0 Å². The maximum atomic E-state index is 6.04. The molecule has 8 heteroatoms. The summed E-state index contributed by atoms with van der Waals surface area (Å²) in [4.78, 5) is 18.3. The van der Waals surface area contributed by atoms with Gasteiger partial charge in [-0.05, 0) is 29.8 Å². The molecule has 4 aromatic rings. The summed E-state index contributed by atoms with van der Waals surface area (Å²) in [5.41, 5.74) is 3.08. The lowest BCUT2D eigenvalue weighted by Gasteiger charge is -2.34. The van der Waals surface area contributed by atoms with Crippen molar-refractivity contribution in [3.05, 3.63) is 83.5 Å². The first-order valence-electron chi connectivity index (χ1n) is 10.3. The van der Waals surface area contributed by atoms with Crippen molar-refractivity contribution in [3.8, 4) is 5.88 Å². The molecule has 1 aromatic carbocycles. The molecular weight excluding hydrogens is 412 g/mol. The highest BCUT2D eigenvalue weighted by molar-refractivity contribution is 6.30. The minimum atomic E-state index is 0.408. The van der Waals surface area contributed by atoms with E-state index in [2.05, 4.69) is 30.4 Å². The van der Waals surface area contributed by atoms with E-state index < -0.39 is 0 Å². The molecule has 0 unspecified atom stereocenters. The summed E-state index contributed by atoms with van der Waals surface area (Å²) in [6.07, 6.45) is 7.58. The molecule has 1 fully saturated rings. The zero-order valence-electron chi connectivity index (χ0n) is 17.1. The maximum Gasteiger partial charge on any atom is 0.234 e. The summed E-state index contributed by atoms with van der Waals surface area (Å²) < 4.78 is 7.89. The van der Waals surface area contributed by atoms with E-state index in [4.69, 9.17) is 21.3 Å². The first kappa shape index (κ1) is 19.8. The number of pyridine rings is 1. The molecule has 7 nitrogen and oxygen atoms in total. The van der Waals surface area contributed by atoms with Gasteiger partial charge in [-0.3, -0.25) is 9.88 Å². The highest BCUT2D eigenvalue weighted by atomic mass is 35.5. The van der Waals surface area contributed by atoms with Gasteiger partial charge in [-0.1, -0.05) is 29.8 Å². The first-order chi connectivity index (χ1) is 15.2. The standard InChI is InChI=1S/C23H23ClN6O/c24-19-5-3-4-18(12-19)17-31-23-14-25-13-22(27-23)29-10-8-28(9-11-29)15-20-16-30-7-2-1-6-21(30)26-20/h1-7,12-14,16H,8-11,15,17H2. The molecule has 4 heterocycles. The number of hydrogen-bond donors (Lipinski definition) is 0. The average molecular weight is 435 g/mol. The molecule has 0 radical (unpaired) electrons. The van der Waals surface area contributed by atoms with Crippen molar-refractivity contribution < 1.29 is 4.74 Å². The Morgan fingerprint density at radius 1 is 0.968 bits per heavy atom. The summed E-state index contributed by atoms with van der Waals surface area (Å²) in [6.45, 7) is 4.93. The van der Waals surface area contributed by atoms with Gasteiger partial charge in [-0.25, -0.2) is 4.98 Å². The Bertz CT molecular complexity index is 1140. The molecule has 1 saturated heterocycles. The van der Waals surface area contributed by atoms with Crippen LogP contribution in [0.25, 0.3) is 5.65 Å². The van der Waals surface area contributed by atoms with E-state index in [9.17, 15) is 0 Å². The molecule has 3 aromatic heterocycles. The fourth-order valence-electron chi connectivity index (χ4n) is 3.77. The van der Waals surface area contributed by atoms with E-state index in [0.29, 0.717) is 17.5 Å². The van der Waals surface area contributed by atoms with Crippen molar-refractivity contribution in [1.82, 2.24) is 24.3 Å². The minimum absolute atomic E-state index is 0.408. The lowest BCUT2D eigenvalue weighted by molar-refractivity contribution is 0.246. The Labute approximate surface area is 185 Å². The van der Waals surface area contributed by atoms with E-state index >= 15 is 0 Å². The van der Waals surface area contributed by atoms with Crippen LogP contribution in [-0.4, -0.2) is 50.4 Å². The fraction of sp³-hybridized carbons (Fsp3) is 0.261. The number of ether oxygens (including phenoxy) is 1. The molecule has 158 valence electrons. The first-order valence-corrected chi connectivity index (χ1v) is 10.7. The van der Waals surface area contributed by atoms with Gasteiger partial charge < -0.3 is 14.0 Å². The van der Waals surface area contributed by atoms with Gasteiger partial charge in [0.2, 0.25) is 5.88 Å². The van der Waals surface area contributed by atoms with Crippen LogP contribution in [0.3, 0.4) is 0 Å². The number of benzene rings is 1. The third-order valence-corrected chi connectivity index (χ3v) is 5.61. The highest BCUT2D eigenvalue weighted by Crippen LogP contribution is 2.19. The number of rotatable bonds is 6. The van der Waals surface area contributed by atoms with Crippen LogP contribution < -0.4 is 9.64 Å². The van der Waals surface area contributed by atoms with E-state index in [1.807, 2.05) is 48.7 Å². The lowest BCUT2D eigenvalue weighted by atomic mass is 10.2. The Kier molecular flexibility index (Phi) is 5.69. The van der Waals surface area contributed by atoms with E-state index in [-0.39, 0.29) is 0 Å². The number of anilines is 1. The molecule has 1 aliphatic rings. The zero-order chi connectivity index (χ0) is 21.0. The normalized spacial score (nSPS) is 14.8. The van der Waals surface area contributed by atoms with Crippen LogP contribution in [0.5, 0.6) is 5.88 Å².